The van der Waals surface area contributed by atoms with E-state index in [2.05, 4.69) is 20.9 Å². The van der Waals surface area contributed by atoms with Crippen LogP contribution in [0.3, 0.4) is 0 Å². The molecule has 0 aliphatic rings. The van der Waals surface area contributed by atoms with E-state index in [-0.39, 0.29) is 11.3 Å². The van der Waals surface area contributed by atoms with E-state index < -0.39 is 5.56 Å². The first-order valence-corrected chi connectivity index (χ1v) is 6.65. The van der Waals surface area contributed by atoms with Gasteiger partial charge in [-0.15, -0.1) is 0 Å². The molecule has 0 saturated carbocycles. The monoisotopic (exact) mass is 333 g/mol. The predicted molar refractivity (Wildman–Crippen MR) is 81.1 cm³/mol. The highest BCUT2D eigenvalue weighted by atomic mass is 79.9. The van der Waals surface area contributed by atoms with Gasteiger partial charge in [0.05, 0.1) is 12.7 Å². The molecular weight excluding hydrogens is 322 g/mol. The SMILES string of the molecule is COc1ccc(C(=O)C=Cc2ccc(Br)cc2)c(=O)[nH]1. The van der Waals surface area contributed by atoms with Crippen LogP contribution in [0.2, 0.25) is 0 Å². The Morgan fingerprint density at radius 3 is 2.50 bits per heavy atom. The summed E-state index contributed by atoms with van der Waals surface area (Å²) in [6.45, 7) is 0. The maximum Gasteiger partial charge on any atom is 0.261 e. The van der Waals surface area contributed by atoms with E-state index in [0.29, 0.717) is 5.88 Å². The van der Waals surface area contributed by atoms with Crippen LogP contribution in [0.5, 0.6) is 5.88 Å². The normalized spacial score (nSPS) is 10.7. The molecule has 5 heteroatoms. The van der Waals surface area contributed by atoms with Gasteiger partial charge in [0, 0.05) is 4.47 Å². The Kier molecular flexibility index (Phi) is 4.53. The van der Waals surface area contributed by atoms with Gasteiger partial charge >= 0.3 is 0 Å². The van der Waals surface area contributed by atoms with Gasteiger partial charge < -0.3 is 4.74 Å². The highest BCUT2D eigenvalue weighted by Crippen LogP contribution is 2.12. The lowest BCUT2D eigenvalue weighted by molar-refractivity contribution is 0.104. The van der Waals surface area contributed by atoms with E-state index in [1.807, 2.05) is 24.3 Å². The molecule has 0 saturated heterocycles. The second kappa shape index (κ2) is 6.34. The zero-order valence-electron chi connectivity index (χ0n) is 10.7. The number of allylic oxidation sites excluding steroid dienone is 1. The molecule has 20 heavy (non-hydrogen) atoms. The Morgan fingerprint density at radius 2 is 1.90 bits per heavy atom. The van der Waals surface area contributed by atoms with Crippen molar-refractivity contribution in [1.29, 1.82) is 0 Å². The molecule has 0 amide bonds. The van der Waals surface area contributed by atoms with Crippen LogP contribution in [0.15, 0.2) is 51.7 Å². The van der Waals surface area contributed by atoms with Crippen molar-refractivity contribution in [3.63, 3.8) is 0 Å². The van der Waals surface area contributed by atoms with Crippen molar-refractivity contribution in [2.24, 2.45) is 0 Å². The molecule has 1 aromatic heterocycles. The van der Waals surface area contributed by atoms with Crippen molar-refractivity contribution in [3.05, 3.63) is 68.4 Å². The largest absolute Gasteiger partial charge is 0.482 e. The summed E-state index contributed by atoms with van der Waals surface area (Å²) in [5.41, 5.74) is 0.500. The summed E-state index contributed by atoms with van der Waals surface area (Å²) in [5.74, 6) is -0.0275. The van der Waals surface area contributed by atoms with Gasteiger partial charge in [-0.05, 0) is 35.9 Å². The molecule has 0 fully saturated rings. The molecule has 1 aromatic carbocycles. The average Bonchev–Trinajstić information content (AvgIpc) is 2.46. The minimum atomic E-state index is -0.463. The number of ketones is 1. The number of nitrogens with one attached hydrogen (secondary N) is 1. The molecule has 0 bridgehead atoms. The number of pyridine rings is 1. The van der Waals surface area contributed by atoms with Crippen molar-refractivity contribution in [3.8, 4) is 5.88 Å². The maximum atomic E-state index is 11.9. The molecule has 0 aliphatic carbocycles. The fourth-order valence-electron chi connectivity index (χ4n) is 1.60. The van der Waals surface area contributed by atoms with Crippen LogP contribution in [-0.4, -0.2) is 17.9 Å². The van der Waals surface area contributed by atoms with Crippen LogP contribution in [0.1, 0.15) is 15.9 Å². The van der Waals surface area contributed by atoms with E-state index in [4.69, 9.17) is 4.74 Å². The number of benzene rings is 1. The minimum absolute atomic E-state index is 0.0826. The molecule has 0 aliphatic heterocycles. The van der Waals surface area contributed by atoms with Gasteiger partial charge in [0.25, 0.3) is 5.56 Å². The van der Waals surface area contributed by atoms with Crippen molar-refractivity contribution >= 4 is 27.8 Å². The zero-order valence-corrected chi connectivity index (χ0v) is 12.3. The first-order valence-electron chi connectivity index (χ1n) is 5.85. The van der Waals surface area contributed by atoms with E-state index in [1.54, 1.807) is 12.1 Å². The lowest BCUT2D eigenvalue weighted by Crippen LogP contribution is -2.16. The van der Waals surface area contributed by atoms with Gasteiger partial charge in [-0.2, -0.15) is 0 Å². The fraction of sp³-hybridized carbons (Fsp3) is 0.0667. The van der Waals surface area contributed by atoms with Gasteiger partial charge in [0.2, 0.25) is 0 Å². The average molecular weight is 334 g/mol. The molecule has 1 heterocycles. The molecule has 0 unspecified atom stereocenters. The van der Waals surface area contributed by atoms with Crippen LogP contribution in [0.25, 0.3) is 6.08 Å². The van der Waals surface area contributed by atoms with E-state index >= 15 is 0 Å². The van der Waals surface area contributed by atoms with E-state index in [9.17, 15) is 9.59 Å². The smallest absolute Gasteiger partial charge is 0.261 e. The number of carbonyl (C=O) groups is 1. The Morgan fingerprint density at radius 1 is 1.20 bits per heavy atom. The zero-order chi connectivity index (χ0) is 14.5. The third kappa shape index (κ3) is 3.45. The summed E-state index contributed by atoms with van der Waals surface area (Å²) < 4.78 is 5.85. The van der Waals surface area contributed by atoms with Crippen molar-refractivity contribution in [2.75, 3.05) is 7.11 Å². The van der Waals surface area contributed by atoms with Gasteiger partial charge in [-0.1, -0.05) is 34.1 Å². The number of halogens is 1. The molecular formula is C15H12BrNO3. The molecule has 2 rings (SSSR count). The fourth-order valence-corrected chi connectivity index (χ4v) is 1.87. The number of ether oxygens (including phenoxy) is 1. The van der Waals surface area contributed by atoms with Gasteiger partial charge in [0.1, 0.15) is 0 Å². The summed E-state index contributed by atoms with van der Waals surface area (Å²) in [4.78, 5) is 26.1. The minimum Gasteiger partial charge on any atom is -0.482 e. The Bertz CT molecular complexity index is 702. The third-order valence-corrected chi connectivity index (χ3v) is 3.19. The summed E-state index contributed by atoms with van der Waals surface area (Å²) in [6.07, 6.45) is 3.04. The van der Waals surface area contributed by atoms with Crippen molar-refractivity contribution in [1.82, 2.24) is 4.98 Å². The second-order valence-corrected chi connectivity index (χ2v) is 4.93. The number of hydrogen-bond donors (Lipinski definition) is 1. The Hall–Kier alpha value is -2.14. The summed E-state index contributed by atoms with van der Waals surface area (Å²) in [6, 6.07) is 10.5. The number of rotatable bonds is 4. The lowest BCUT2D eigenvalue weighted by atomic mass is 10.1. The van der Waals surface area contributed by atoms with Gasteiger partial charge in [-0.25, -0.2) is 0 Å². The predicted octanol–water partition coefficient (Wildman–Crippen LogP) is 3.04. The van der Waals surface area contributed by atoms with Crippen LogP contribution in [-0.2, 0) is 0 Å². The van der Waals surface area contributed by atoms with Crippen molar-refractivity contribution in [2.45, 2.75) is 0 Å². The highest BCUT2D eigenvalue weighted by molar-refractivity contribution is 9.10. The van der Waals surface area contributed by atoms with Gasteiger partial charge in [-0.3, -0.25) is 14.6 Å². The summed E-state index contributed by atoms with van der Waals surface area (Å²) >= 11 is 3.34. The second-order valence-electron chi connectivity index (χ2n) is 4.02. The lowest BCUT2D eigenvalue weighted by Gasteiger charge is -2.00. The van der Waals surface area contributed by atoms with Crippen molar-refractivity contribution < 1.29 is 9.53 Å². The number of aromatic nitrogens is 1. The molecule has 0 spiro atoms. The third-order valence-electron chi connectivity index (χ3n) is 2.67. The van der Waals surface area contributed by atoms with E-state index in [0.717, 1.165) is 10.0 Å². The quantitative estimate of drug-likeness (QED) is 0.691. The highest BCUT2D eigenvalue weighted by Gasteiger charge is 2.07. The number of hydrogen-bond acceptors (Lipinski definition) is 3. The number of carbonyl (C=O) groups excluding carboxylic acids is 1. The molecule has 2 aromatic rings. The Balaban J connectivity index is 2.20. The molecule has 1 N–H and O–H groups in total. The Labute approximate surface area is 124 Å². The first kappa shape index (κ1) is 14.3. The molecule has 4 nitrogen and oxygen atoms in total. The number of aromatic amines is 1. The van der Waals surface area contributed by atoms with Crippen LogP contribution in [0, 0.1) is 0 Å². The molecule has 0 radical (unpaired) electrons. The van der Waals surface area contributed by atoms with Crippen LogP contribution in [0.4, 0.5) is 0 Å². The van der Waals surface area contributed by atoms with E-state index in [1.165, 1.54) is 19.3 Å². The van der Waals surface area contributed by atoms with Gasteiger partial charge in [0.15, 0.2) is 11.7 Å². The molecule has 0 atom stereocenters. The van der Waals surface area contributed by atoms with Crippen LogP contribution >= 0.6 is 15.9 Å². The maximum absolute atomic E-state index is 11.9. The number of methoxy groups -OCH3 is 1. The first-order chi connectivity index (χ1) is 9.60. The number of H-pyrrole nitrogens is 1. The summed E-state index contributed by atoms with van der Waals surface area (Å²) in [5, 5.41) is 0. The molecule has 102 valence electrons. The van der Waals surface area contributed by atoms with Crippen LogP contribution < -0.4 is 10.3 Å². The standard InChI is InChI=1S/C15H12BrNO3/c1-20-14-9-7-12(15(19)17-14)13(18)8-4-10-2-5-11(16)6-3-10/h2-9H,1H3,(H,17,19). The topological polar surface area (TPSA) is 59.2 Å². The summed E-state index contributed by atoms with van der Waals surface area (Å²) in [7, 11) is 1.44.